The van der Waals surface area contributed by atoms with Crippen LogP contribution in [-0.2, 0) is 14.3 Å². The van der Waals surface area contributed by atoms with E-state index in [4.69, 9.17) is 33.7 Å². The summed E-state index contributed by atoms with van der Waals surface area (Å²) in [5.41, 5.74) is 5.78. The van der Waals surface area contributed by atoms with E-state index >= 15 is 0 Å². The molecule has 1 aliphatic rings. The second-order valence-corrected chi connectivity index (χ2v) is 6.07. The van der Waals surface area contributed by atoms with E-state index in [1.165, 1.54) is 12.1 Å². The first-order valence-electron chi connectivity index (χ1n) is 7.07. The molecule has 1 saturated heterocycles. The maximum Gasteiger partial charge on any atom is 0.341 e. The van der Waals surface area contributed by atoms with Crippen LogP contribution in [-0.4, -0.2) is 36.9 Å². The minimum Gasteiger partial charge on any atom is -0.454 e. The maximum atomic E-state index is 12.0. The summed E-state index contributed by atoms with van der Waals surface area (Å²) in [7, 11) is 0. The number of carbonyl (C=O) groups excluding carboxylic acids is 3. The van der Waals surface area contributed by atoms with Gasteiger partial charge in [-0.15, -0.1) is 0 Å². The highest BCUT2D eigenvalue weighted by atomic mass is 35.5. The lowest BCUT2D eigenvalue weighted by Gasteiger charge is -2.14. The fourth-order valence-corrected chi connectivity index (χ4v) is 2.87. The molecular weight excluding hydrogens is 343 g/mol. The molecule has 1 aromatic carbocycles. The summed E-state index contributed by atoms with van der Waals surface area (Å²) >= 11 is 11.8. The van der Waals surface area contributed by atoms with Crippen molar-refractivity contribution in [3.05, 3.63) is 33.8 Å². The second kappa shape index (κ2) is 7.77. The molecule has 0 bridgehead atoms. The average molecular weight is 359 g/mol. The van der Waals surface area contributed by atoms with Gasteiger partial charge in [-0.1, -0.05) is 29.3 Å². The summed E-state index contributed by atoms with van der Waals surface area (Å²) in [6, 6.07) is 3.72. The van der Waals surface area contributed by atoms with Gasteiger partial charge in [-0.2, -0.15) is 0 Å². The number of Topliss-reactive ketones (excluding diaryl/α,β-unsaturated/α-hetero) is 1. The largest absolute Gasteiger partial charge is 0.454 e. The van der Waals surface area contributed by atoms with E-state index in [2.05, 4.69) is 5.32 Å². The van der Waals surface area contributed by atoms with Gasteiger partial charge in [0, 0.05) is 12.5 Å². The molecule has 124 valence electrons. The number of ether oxygens (including phenoxy) is 1. The Balaban J connectivity index is 1.88. The topological polar surface area (TPSA) is 98.5 Å². The molecule has 1 aromatic rings. The van der Waals surface area contributed by atoms with E-state index < -0.39 is 24.4 Å². The minimum absolute atomic E-state index is 0.00683. The first kappa shape index (κ1) is 17.7. The van der Waals surface area contributed by atoms with Gasteiger partial charge in [0.25, 0.3) is 0 Å². The molecule has 0 aliphatic carbocycles. The van der Waals surface area contributed by atoms with Crippen LogP contribution in [0.2, 0.25) is 10.0 Å². The monoisotopic (exact) mass is 358 g/mol. The molecule has 2 unspecified atom stereocenters. The summed E-state index contributed by atoms with van der Waals surface area (Å²) in [6.07, 6.45) is 0.879. The van der Waals surface area contributed by atoms with Crippen LogP contribution < -0.4 is 11.1 Å². The number of nitrogens with one attached hydrogen (secondary N) is 1. The quantitative estimate of drug-likeness (QED) is 0.752. The number of ketones is 1. The Morgan fingerprint density at radius 2 is 2.00 bits per heavy atom. The number of benzene rings is 1. The highest BCUT2D eigenvalue weighted by Crippen LogP contribution is 2.25. The van der Waals surface area contributed by atoms with Crippen LogP contribution in [0.4, 0.5) is 0 Å². The molecule has 1 fully saturated rings. The van der Waals surface area contributed by atoms with E-state index in [1.54, 1.807) is 6.07 Å². The molecule has 0 aromatic heterocycles. The summed E-state index contributed by atoms with van der Waals surface area (Å²) in [6.45, 7) is 0.0975. The van der Waals surface area contributed by atoms with Crippen molar-refractivity contribution in [2.24, 2.45) is 11.7 Å². The van der Waals surface area contributed by atoms with Crippen molar-refractivity contribution in [1.29, 1.82) is 0 Å². The van der Waals surface area contributed by atoms with Crippen molar-refractivity contribution in [3.8, 4) is 0 Å². The van der Waals surface area contributed by atoms with Crippen molar-refractivity contribution in [3.63, 3.8) is 0 Å². The van der Waals surface area contributed by atoms with Crippen molar-refractivity contribution in [1.82, 2.24) is 5.32 Å². The molecule has 23 heavy (non-hydrogen) atoms. The fraction of sp³-hybridized carbons (Fsp3) is 0.400. The molecule has 0 spiro atoms. The first-order valence-corrected chi connectivity index (χ1v) is 7.83. The summed E-state index contributed by atoms with van der Waals surface area (Å²) in [5.74, 6) is -1.63. The number of halogens is 2. The number of rotatable bonds is 6. The van der Waals surface area contributed by atoms with Crippen LogP contribution in [0.1, 0.15) is 23.2 Å². The first-order chi connectivity index (χ1) is 10.9. The van der Waals surface area contributed by atoms with Crippen LogP contribution in [0.25, 0.3) is 0 Å². The van der Waals surface area contributed by atoms with Crippen molar-refractivity contribution >= 4 is 40.9 Å². The van der Waals surface area contributed by atoms with Crippen molar-refractivity contribution in [2.75, 3.05) is 13.2 Å². The number of carbonyl (C=O) groups is 3. The highest BCUT2D eigenvalue weighted by molar-refractivity contribution is 6.39. The predicted molar refractivity (Wildman–Crippen MR) is 85.5 cm³/mol. The molecule has 1 amide bonds. The smallest absolute Gasteiger partial charge is 0.341 e. The van der Waals surface area contributed by atoms with Crippen molar-refractivity contribution < 1.29 is 19.1 Å². The van der Waals surface area contributed by atoms with Crippen molar-refractivity contribution in [2.45, 2.75) is 18.9 Å². The Morgan fingerprint density at radius 3 is 2.57 bits per heavy atom. The van der Waals surface area contributed by atoms with Gasteiger partial charge in [-0.25, -0.2) is 4.79 Å². The Hall–Kier alpha value is -1.63. The zero-order valence-electron chi connectivity index (χ0n) is 12.2. The minimum atomic E-state index is -0.863. The van der Waals surface area contributed by atoms with Gasteiger partial charge in [-0.05, 0) is 25.0 Å². The third kappa shape index (κ3) is 4.43. The lowest BCUT2D eigenvalue weighted by atomic mass is 9.97. The third-order valence-corrected chi connectivity index (χ3v) is 4.26. The number of hydrogen-bond acceptors (Lipinski definition) is 5. The molecule has 0 radical (unpaired) electrons. The third-order valence-electron chi connectivity index (χ3n) is 3.63. The second-order valence-electron chi connectivity index (χ2n) is 5.26. The van der Waals surface area contributed by atoms with Gasteiger partial charge in [-0.3, -0.25) is 9.59 Å². The molecule has 1 heterocycles. The van der Waals surface area contributed by atoms with Gasteiger partial charge in [0.1, 0.15) is 0 Å². The predicted octanol–water partition coefficient (Wildman–Crippen LogP) is 1.57. The Labute approximate surface area is 143 Å². The van der Waals surface area contributed by atoms with E-state index in [1.807, 2.05) is 0 Å². The summed E-state index contributed by atoms with van der Waals surface area (Å²) in [5, 5.41) is 2.96. The zero-order chi connectivity index (χ0) is 17.0. The molecule has 2 atom stereocenters. The normalized spacial score (nSPS) is 18.4. The van der Waals surface area contributed by atoms with Gasteiger partial charge < -0.3 is 15.8 Å². The Morgan fingerprint density at radius 1 is 1.35 bits per heavy atom. The van der Waals surface area contributed by atoms with E-state index in [-0.39, 0.29) is 33.9 Å². The summed E-state index contributed by atoms with van der Waals surface area (Å²) in [4.78, 5) is 35.4. The summed E-state index contributed by atoms with van der Waals surface area (Å²) < 4.78 is 4.93. The number of amides is 1. The molecule has 2 rings (SSSR count). The maximum absolute atomic E-state index is 12.0. The van der Waals surface area contributed by atoms with Gasteiger partial charge in [0.15, 0.2) is 12.4 Å². The average Bonchev–Trinajstić information content (AvgIpc) is 2.89. The highest BCUT2D eigenvalue weighted by Gasteiger charge is 2.29. The molecule has 3 N–H and O–H groups in total. The molecule has 8 heteroatoms. The number of esters is 1. The van der Waals surface area contributed by atoms with Crippen LogP contribution in [0.5, 0.6) is 0 Å². The van der Waals surface area contributed by atoms with Crippen LogP contribution in [0.3, 0.4) is 0 Å². The lowest BCUT2D eigenvalue weighted by molar-refractivity contribution is -0.125. The van der Waals surface area contributed by atoms with Crippen LogP contribution in [0.15, 0.2) is 18.2 Å². The Bertz CT molecular complexity index is 616. The number of nitrogens with two attached hydrogens (primary N) is 1. The SMILES string of the molecule is NC(CC1CCNC1=O)C(=O)COC(=O)c1c(Cl)cccc1Cl. The molecular formula is C15H16Cl2N2O4. The molecule has 6 nitrogen and oxygen atoms in total. The zero-order valence-corrected chi connectivity index (χ0v) is 13.7. The standard InChI is InChI=1S/C15H16Cl2N2O4/c16-9-2-1-3-10(17)13(9)15(22)23-7-12(20)11(18)6-8-4-5-19-14(8)21/h1-3,8,11H,4-7,18H2,(H,19,21). The van der Waals surface area contributed by atoms with E-state index in [0.29, 0.717) is 13.0 Å². The van der Waals surface area contributed by atoms with Gasteiger partial charge in [0.05, 0.1) is 21.7 Å². The van der Waals surface area contributed by atoms with Crippen LogP contribution in [0, 0.1) is 5.92 Å². The van der Waals surface area contributed by atoms with Crippen LogP contribution >= 0.6 is 23.2 Å². The van der Waals surface area contributed by atoms with Gasteiger partial charge in [0.2, 0.25) is 5.91 Å². The fourth-order valence-electron chi connectivity index (χ4n) is 2.32. The lowest BCUT2D eigenvalue weighted by Crippen LogP contribution is -2.37. The van der Waals surface area contributed by atoms with E-state index in [0.717, 1.165) is 0 Å². The molecule has 1 aliphatic heterocycles. The molecule has 0 saturated carbocycles. The van der Waals surface area contributed by atoms with Gasteiger partial charge >= 0.3 is 5.97 Å². The Kier molecular flexibility index (Phi) is 5.98. The number of hydrogen-bond donors (Lipinski definition) is 2. The van der Waals surface area contributed by atoms with E-state index in [9.17, 15) is 14.4 Å².